The number of hydrogen-bond donors (Lipinski definition) is 1. The molecule has 1 fully saturated rings. The Balaban J connectivity index is 1.92. The van der Waals surface area contributed by atoms with E-state index in [1.165, 1.54) is 6.42 Å². The van der Waals surface area contributed by atoms with Gasteiger partial charge in [-0.1, -0.05) is 13.3 Å². The van der Waals surface area contributed by atoms with Gasteiger partial charge in [-0.2, -0.15) is 0 Å². The molecule has 0 aromatic heterocycles. The molecule has 100 valence electrons. The van der Waals surface area contributed by atoms with Gasteiger partial charge >= 0.3 is 0 Å². The van der Waals surface area contributed by atoms with E-state index in [0.29, 0.717) is 18.5 Å². The second-order valence-corrected chi connectivity index (χ2v) is 5.48. The average Bonchev–Trinajstić information content (AvgIpc) is 2.95. The number of carbonyl (C=O) groups is 1. The van der Waals surface area contributed by atoms with Crippen LogP contribution in [0, 0.1) is 5.92 Å². The molecule has 1 amide bonds. The van der Waals surface area contributed by atoms with Gasteiger partial charge in [-0.3, -0.25) is 9.79 Å². The molecule has 1 saturated heterocycles. The summed E-state index contributed by atoms with van der Waals surface area (Å²) in [6, 6.07) is 0.353. The van der Waals surface area contributed by atoms with E-state index in [2.05, 4.69) is 31.1 Å². The Morgan fingerprint density at radius 2 is 2.39 bits per heavy atom. The van der Waals surface area contributed by atoms with Crippen molar-refractivity contribution in [3.05, 3.63) is 11.6 Å². The first-order valence-corrected chi connectivity index (χ1v) is 6.91. The zero-order chi connectivity index (χ0) is 13.1. The number of nitrogens with one attached hydrogen (secondary N) is 1. The van der Waals surface area contributed by atoms with Gasteiger partial charge in [0, 0.05) is 24.7 Å². The fourth-order valence-corrected chi connectivity index (χ4v) is 2.49. The van der Waals surface area contributed by atoms with Gasteiger partial charge in [-0.25, -0.2) is 0 Å². The van der Waals surface area contributed by atoms with Crippen molar-refractivity contribution in [3.63, 3.8) is 0 Å². The van der Waals surface area contributed by atoms with Gasteiger partial charge in [-0.05, 0) is 32.3 Å². The Hall–Kier alpha value is -1.32. The van der Waals surface area contributed by atoms with E-state index in [9.17, 15) is 4.79 Å². The maximum absolute atomic E-state index is 12.3. The smallest absolute Gasteiger partial charge is 0.251 e. The lowest BCUT2D eigenvalue weighted by Crippen LogP contribution is -2.31. The summed E-state index contributed by atoms with van der Waals surface area (Å²) in [5, 5.41) is 3.24. The van der Waals surface area contributed by atoms with Crippen LogP contribution < -0.4 is 5.32 Å². The van der Waals surface area contributed by atoms with Crippen LogP contribution in [0.2, 0.25) is 0 Å². The summed E-state index contributed by atoms with van der Waals surface area (Å²) < 4.78 is 0. The lowest BCUT2D eigenvalue weighted by atomic mass is 10.1. The fourth-order valence-electron chi connectivity index (χ4n) is 2.49. The van der Waals surface area contributed by atoms with Crippen LogP contribution in [0.15, 0.2) is 16.6 Å². The van der Waals surface area contributed by atoms with E-state index in [-0.39, 0.29) is 5.91 Å². The Morgan fingerprint density at radius 1 is 1.61 bits per heavy atom. The Morgan fingerprint density at radius 3 is 3.00 bits per heavy atom. The molecule has 4 heteroatoms. The zero-order valence-electron chi connectivity index (χ0n) is 11.6. The van der Waals surface area contributed by atoms with Gasteiger partial charge in [0.25, 0.3) is 5.91 Å². The number of nitrogens with zero attached hydrogens (tertiary/aromatic N) is 2. The monoisotopic (exact) mass is 249 g/mol. The minimum Gasteiger partial charge on any atom is -0.368 e. The van der Waals surface area contributed by atoms with E-state index < -0.39 is 0 Å². The van der Waals surface area contributed by atoms with Gasteiger partial charge in [0.05, 0.1) is 6.54 Å². The molecular formula is C14H23N3O. The molecule has 0 saturated carbocycles. The number of aliphatic imine (C=N–C) groups is 1. The van der Waals surface area contributed by atoms with E-state index in [4.69, 9.17) is 0 Å². The molecule has 0 bridgehead atoms. The Kier molecular flexibility index (Phi) is 4.04. The molecule has 0 aromatic carbocycles. The van der Waals surface area contributed by atoms with Crippen LogP contribution in [0.3, 0.4) is 0 Å². The van der Waals surface area contributed by atoms with Crippen LogP contribution in [0.5, 0.6) is 0 Å². The van der Waals surface area contributed by atoms with Crippen molar-refractivity contribution in [2.24, 2.45) is 10.9 Å². The number of hydrogen-bond acceptors (Lipinski definition) is 3. The lowest BCUT2D eigenvalue weighted by Gasteiger charge is -2.16. The molecule has 0 radical (unpaired) electrons. The Labute approximate surface area is 109 Å². The Bertz CT molecular complexity index is 385. The molecule has 0 aromatic rings. The van der Waals surface area contributed by atoms with Crippen molar-refractivity contribution in [1.82, 2.24) is 10.2 Å². The van der Waals surface area contributed by atoms with Gasteiger partial charge in [0.2, 0.25) is 0 Å². The van der Waals surface area contributed by atoms with Crippen molar-refractivity contribution >= 4 is 11.7 Å². The maximum Gasteiger partial charge on any atom is 0.251 e. The number of rotatable bonds is 3. The summed E-state index contributed by atoms with van der Waals surface area (Å²) in [5.41, 5.74) is 0.829. The fraction of sp³-hybridized carbons (Fsp3) is 0.714. The van der Waals surface area contributed by atoms with Gasteiger partial charge in [0.15, 0.2) is 0 Å². The van der Waals surface area contributed by atoms with Crippen molar-refractivity contribution in [1.29, 1.82) is 0 Å². The molecule has 18 heavy (non-hydrogen) atoms. The first kappa shape index (κ1) is 13.1. The van der Waals surface area contributed by atoms with Crippen LogP contribution in [0.4, 0.5) is 0 Å². The molecule has 0 aliphatic carbocycles. The molecule has 1 unspecified atom stereocenters. The van der Waals surface area contributed by atoms with Gasteiger partial charge in [-0.15, -0.1) is 0 Å². The molecule has 2 aliphatic rings. The van der Waals surface area contributed by atoms with E-state index >= 15 is 0 Å². The maximum atomic E-state index is 12.3. The summed E-state index contributed by atoms with van der Waals surface area (Å²) in [7, 11) is 0. The lowest BCUT2D eigenvalue weighted by molar-refractivity contribution is -0.126. The average molecular weight is 249 g/mol. The first-order chi connectivity index (χ1) is 8.60. The van der Waals surface area contributed by atoms with E-state index in [1.54, 1.807) is 0 Å². The summed E-state index contributed by atoms with van der Waals surface area (Å²) in [6.45, 7) is 8.69. The third-order valence-corrected chi connectivity index (χ3v) is 3.59. The zero-order valence-corrected chi connectivity index (χ0v) is 11.6. The summed E-state index contributed by atoms with van der Waals surface area (Å²) >= 11 is 0. The molecule has 1 atom stereocenters. The molecule has 2 heterocycles. The number of carbonyl (C=O) groups excluding carboxylic acids is 1. The van der Waals surface area contributed by atoms with E-state index in [1.807, 2.05) is 11.0 Å². The summed E-state index contributed by atoms with van der Waals surface area (Å²) in [5.74, 6) is 1.71. The highest BCUT2D eigenvalue weighted by Crippen LogP contribution is 2.21. The largest absolute Gasteiger partial charge is 0.368 e. The summed E-state index contributed by atoms with van der Waals surface area (Å²) in [4.78, 5) is 18.6. The SMILES string of the molecule is CCC1CCN(C(=O)C2=CC(NC(C)C)=NC2)C1. The molecule has 1 N–H and O–H groups in total. The third kappa shape index (κ3) is 2.92. The van der Waals surface area contributed by atoms with Gasteiger partial charge in [0.1, 0.15) is 5.84 Å². The summed E-state index contributed by atoms with van der Waals surface area (Å²) in [6.07, 6.45) is 4.22. The second-order valence-electron chi connectivity index (χ2n) is 5.48. The molecular weight excluding hydrogens is 226 g/mol. The van der Waals surface area contributed by atoms with Crippen LogP contribution in [-0.4, -0.2) is 42.3 Å². The van der Waals surface area contributed by atoms with Crippen LogP contribution in [0.1, 0.15) is 33.6 Å². The van der Waals surface area contributed by atoms with Gasteiger partial charge < -0.3 is 10.2 Å². The quantitative estimate of drug-likeness (QED) is 0.825. The number of amides is 1. The highest BCUT2D eigenvalue weighted by atomic mass is 16.2. The van der Waals surface area contributed by atoms with Crippen LogP contribution in [-0.2, 0) is 4.79 Å². The van der Waals surface area contributed by atoms with Crippen LogP contribution >= 0.6 is 0 Å². The van der Waals surface area contributed by atoms with Crippen molar-refractivity contribution in [2.75, 3.05) is 19.6 Å². The highest BCUT2D eigenvalue weighted by Gasteiger charge is 2.28. The predicted molar refractivity (Wildman–Crippen MR) is 73.6 cm³/mol. The minimum absolute atomic E-state index is 0.176. The third-order valence-electron chi connectivity index (χ3n) is 3.59. The minimum atomic E-state index is 0.176. The highest BCUT2D eigenvalue weighted by molar-refractivity contribution is 6.06. The molecule has 2 rings (SSSR count). The molecule has 4 nitrogen and oxygen atoms in total. The van der Waals surface area contributed by atoms with Crippen molar-refractivity contribution in [2.45, 2.75) is 39.7 Å². The standard InChI is InChI=1S/C14H23N3O/c1-4-11-5-6-17(9-11)14(18)12-7-13(15-8-12)16-10(2)3/h7,10-11H,4-6,8-9H2,1-3H3,(H,15,16). The van der Waals surface area contributed by atoms with Crippen molar-refractivity contribution in [3.8, 4) is 0 Å². The second kappa shape index (κ2) is 5.55. The van der Waals surface area contributed by atoms with Crippen molar-refractivity contribution < 1.29 is 4.79 Å². The topological polar surface area (TPSA) is 44.7 Å². The number of amidine groups is 1. The number of likely N-dealkylation sites (tertiary alicyclic amines) is 1. The van der Waals surface area contributed by atoms with E-state index in [0.717, 1.165) is 30.9 Å². The predicted octanol–water partition coefficient (Wildman–Crippen LogP) is 1.58. The molecule has 0 spiro atoms. The van der Waals surface area contributed by atoms with Crippen LogP contribution in [0.25, 0.3) is 0 Å². The molecule has 2 aliphatic heterocycles. The normalized spacial score (nSPS) is 23.3. The first-order valence-electron chi connectivity index (χ1n) is 6.91.